The minimum atomic E-state index is -3.80. The summed E-state index contributed by atoms with van der Waals surface area (Å²) in [4.78, 5) is 10.9. The maximum Gasteiger partial charge on any atom is 0.261 e. The molecule has 0 fully saturated rings. The molecule has 2 aromatic rings. The summed E-state index contributed by atoms with van der Waals surface area (Å²) in [6.45, 7) is 3.42. The molecular formula is C16H17FN2O3S. The molecule has 1 amide bonds. The summed E-state index contributed by atoms with van der Waals surface area (Å²) >= 11 is 0. The molecule has 0 aromatic heterocycles. The first kappa shape index (κ1) is 17.0. The van der Waals surface area contributed by atoms with Gasteiger partial charge in [0.1, 0.15) is 5.82 Å². The van der Waals surface area contributed by atoms with E-state index < -0.39 is 15.8 Å². The van der Waals surface area contributed by atoms with Crippen molar-refractivity contribution in [2.75, 3.05) is 4.72 Å². The molecule has 5 nitrogen and oxygen atoms in total. The number of hydrogen-bond acceptors (Lipinski definition) is 3. The SMILES string of the molecule is CC(=O)NCc1ccc(S(=O)(=O)Nc2cc(F)ccc2C)cc1. The van der Waals surface area contributed by atoms with Crippen LogP contribution in [0.25, 0.3) is 0 Å². The zero-order valence-electron chi connectivity index (χ0n) is 12.8. The summed E-state index contributed by atoms with van der Waals surface area (Å²) in [5.41, 5.74) is 1.60. The van der Waals surface area contributed by atoms with Crippen molar-refractivity contribution in [2.45, 2.75) is 25.3 Å². The molecule has 0 atom stereocenters. The summed E-state index contributed by atoms with van der Waals surface area (Å²) in [6.07, 6.45) is 0. The van der Waals surface area contributed by atoms with Crippen molar-refractivity contribution in [1.82, 2.24) is 5.32 Å². The standard InChI is InChI=1S/C16H17FN2O3S/c1-11-3-6-14(17)9-16(11)19-23(21,22)15-7-4-13(5-8-15)10-18-12(2)20/h3-9,19H,10H2,1-2H3,(H,18,20). The van der Waals surface area contributed by atoms with Crippen molar-refractivity contribution in [3.63, 3.8) is 0 Å². The first-order valence-electron chi connectivity index (χ1n) is 6.90. The van der Waals surface area contributed by atoms with Crippen LogP contribution in [0.4, 0.5) is 10.1 Å². The Hall–Kier alpha value is -2.41. The van der Waals surface area contributed by atoms with Crippen LogP contribution >= 0.6 is 0 Å². The molecule has 0 aliphatic carbocycles. The second-order valence-electron chi connectivity index (χ2n) is 5.12. The second-order valence-corrected chi connectivity index (χ2v) is 6.80. The molecule has 7 heteroatoms. The van der Waals surface area contributed by atoms with Crippen LogP contribution < -0.4 is 10.0 Å². The molecule has 0 aliphatic rings. The van der Waals surface area contributed by atoms with Crippen molar-refractivity contribution in [1.29, 1.82) is 0 Å². The fourth-order valence-electron chi connectivity index (χ4n) is 1.92. The summed E-state index contributed by atoms with van der Waals surface area (Å²) in [6, 6.07) is 10.0. The quantitative estimate of drug-likeness (QED) is 0.881. The number of sulfonamides is 1. The van der Waals surface area contributed by atoms with Gasteiger partial charge in [-0.1, -0.05) is 18.2 Å². The Balaban J connectivity index is 2.19. The monoisotopic (exact) mass is 336 g/mol. The summed E-state index contributed by atoms with van der Waals surface area (Å²) in [5.74, 6) is -0.677. The smallest absolute Gasteiger partial charge is 0.261 e. The van der Waals surface area contributed by atoms with E-state index in [1.165, 1.54) is 31.2 Å². The van der Waals surface area contributed by atoms with Crippen molar-refractivity contribution in [3.8, 4) is 0 Å². The number of carbonyl (C=O) groups excluding carboxylic acids is 1. The molecule has 2 rings (SSSR count). The number of benzene rings is 2. The van der Waals surface area contributed by atoms with E-state index in [1.807, 2.05) is 0 Å². The van der Waals surface area contributed by atoms with Crippen LogP contribution in [0.15, 0.2) is 47.4 Å². The number of nitrogens with one attached hydrogen (secondary N) is 2. The van der Waals surface area contributed by atoms with Crippen LogP contribution in [0.3, 0.4) is 0 Å². The summed E-state index contributed by atoms with van der Waals surface area (Å²) < 4.78 is 40.3. The third kappa shape index (κ3) is 4.53. The Morgan fingerprint density at radius 1 is 1.13 bits per heavy atom. The maximum absolute atomic E-state index is 13.3. The Morgan fingerprint density at radius 2 is 1.78 bits per heavy atom. The fraction of sp³-hybridized carbons (Fsp3) is 0.188. The zero-order valence-corrected chi connectivity index (χ0v) is 13.6. The minimum Gasteiger partial charge on any atom is -0.352 e. The normalized spacial score (nSPS) is 11.1. The van der Waals surface area contributed by atoms with Crippen molar-refractivity contribution in [2.24, 2.45) is 0 Å². The summed E-state index contributed by atoms with van der Waals surface area (Å²) in [7, 11) is -3.80. The van der Waals surface area contributed by atoms with E-state index in [0.29, 0.717) is 12.1 Å². The van der Waals surface area contributed by atoms with E-state index in [4.69, 9.17) is 0 Å². The first-order valence-corrected chi connectivity index (χ1v) is 8.38. The lowest BCUT2D eigenvalue weighted by atomic mass is 10.2. The third-order valence-corrected chi connectivity index (χ3v) is 4.60. The fourth-order valence-corrected chi connectivity index (χ4v) is 3.04. The highest BCUT2D eigenvalue weighted by Gasteiger charge is 2.15. The van der Waals surface area contributed by atoms with Gasteiger partial charge in [0.05, 0.1) is 10.6 Å². The lowest BCUT2D eigenvalue weighted by Gasteiger charge is -2.11. The Kier molecular flexibility index (Phi) is 5.00. The Morgan fingerprint density at radius 3 is 2.39 bits per heavy atom. The predicted octanol–water partition coefficient (Wildman–Crippen LogP) is 2.57. The van der Waals surface area contributed by atoms with Crippen LogP contribution in [0.2, 0.25) is 0 Å². The van der Waals surface area contributed by atoms with Gasteiger partial charge in [-0.25, -0.2) is 12.8 Å². The molecule has 0 unspecified atom stereocenters. The zero-order chi connectivity index (χ0) is 17.0. The molecule has 0 radical (unpaired) electrons. The van der Waals surface area contributed by atoms with E-state index in [2.05, 4.69) is 10.0 Å². The molecule has 0 spiro atoms. The van der Waals surface area contributed by atoms with Crippen molar-refractivity contribution < 1.29 is 17.6 Å². The number of aryl methyl sites for hydroxylation is 1. The van der Waals surface area contributed by atoms with Gasteiger partial charge in [-0.05, 0) is 42.3 Å². The van der Waals surface area contributed by atoms with Crippen LogP contribution in [0.5, 0.6) is 0 Å². The van der Waals surface area contributed by atoms with Gasteiger partial charge in [0, 0.05) is 13.5 Å². The molecule has 122 valence electrons. The molecule has 0 bridgehead atoms. The number of carbonyl (C=O) groups is 1. The highest BCUT2D eigenvalue weighted by Crippen LogP contribution is 2.21. The molecule has 2 N–H and O–H groups in total. The minimum absolute atomic E-state index is 0.0627. The van der Waals surface area contributed by atoms with Crippen LogP contribution in [-0.4, -0.2) is 14.3 Å². The number of halogens is 1. The molecule has 23 heavy (non-hydrogen) atoms. The summed E-state index contributed by atoms with van der Waals surface area (Å²) in [5, 5.41) is 2.63. The second kappa shape index (κ2) is 6.78. The maximum atomic E-state index is 13.3. The third-order valence-electron chi connectivity index (χ3n) is 3.22. The number of rotatable bonds is 5. The van der Waals surface area contributed by atoms with E-state index in [9.17, 15) is 17.6 Å². The number of amides is 1. The lowest BCUT2D eigenvalue weighted by molar-refractivity contribution is -0.119. The Labute approximate surface area is 134 Å². The van der Waals surface area contributed by atoms with Gasteiger partial charge in [0.25, 0.3) is 10.0 Å². The van der Waals surface area contributed by atoms with Crippen LogP contribution in [-0.2, 0) is 21.4 Å². The molecular weight excluding hydrogens is 319 g/mol. The first-order chi connectivity index (χ1) is 10.8. The van der Waals surface area contributed by atoms with Crippen molar-refractivity contribution in [3.05, 3.63) is 59.4 Å². The van der Waals surface area contributed by atoms with E-state index in [1.54, 1.807) is 19.1 Å². The number of anilines is 1. The van der Waals surface area contributed by atoms with E-state index in [0.717, 1.165) is 11.6 Å². The topological polar surface area (TPSA) is 75.3 Å². The van der Waals surface area contributed by atoms with Gasteiger partial charge >= 0.3 is 0 Å². The van der Waals surface area contributed by atoms with Crippen LogP contribution in [0.1, 0.15) is 18.1 Å². The van der Waals surface area contributed by atoms with E-state index >= 15 is 0 Å². The molecule has 0 heterocycles. The predicted molar refractivity (Wildman–Crippen MR) is 85.9 cm³/mol. The molecule has 0 saturated heterocycles. The van der Waals surface area contributed by atoms with Gasteiger partial charge in [0.15, 0.2) is 0 Å². The van der Waals surface area contributed by atoms with Gasteiger partial charge in [-0.3, -0.25) is 9.52 Å². The van der Waals surface area contributed by atoms with Gasteiger partial charge in [-0.2, -0.15) is 0 Å². The average molecular weight is 336 g/mol. The van der Waals surface area contributed by atoms with Crippen molar-refractivity contribution >= 4 is 21.6 Å². The highest BCUT2D eigenvalue weighted by atomic mass is 32.2. The largest absolute Gasteiger partial charge is 0.352 e. The highest BCUT2D eigenvalue weighted by molar-refractivity contribution is 7.92. The van der Waals surface area contributed by atoms with Gasteiger partial charge in [-0.15, -0.1) is 0 Å². The van der Waals surface area contributed by atoms with Gasteiger partial charge in [0.2, 0.25) is 5.91 Å². The number of hydrogen-bond donors (Lipinski definition) is 2. The average Bonchev–Trinajstić information content (AvgIpc) is 2.49. The van der Waals surface area contributed by atoms with E-state index in [-0.39, 0.29) is 16.5 Å². The lowest BCUT2D eigenvalue weighted by Crippen LogP contribution is -2.19. The van der Waals surface area contributed by atoms with Crippen LogP contribution in [0, 0.1) is 12.7 Å². The van der Waals surface area contributed by atoms with Gasteiger partial charge < -0.3 is 5.32 Å². The molecule has 0 saturated carbocycles. The molecule has 2 aromatic carbocycles. The Bertz CT molecular complexity index is 818. The molecule has 0 aliphatic heterocycles.